The first-order chi connectivity index (χ1) is 10.4. The second-order valence-corrected chi connectivity index (χ2v) is 4.91. The molecule has 0 spiro atoms. The summed E-state index contributed by atoms with van der Waals surface area (Å²) in [5, 5.41) is 2.31. The quantitative estimate of drug-likeness (QED) is 0.202. The molecule has 5 rings (SSSR count). The van der Waals surface area contributed by atoms with E-state index in [0.29, 0.717) is 0 Å². The van der Waals surface area contributed by atoms with E-state index in [2.05, 4.69) is 40.4 Å². The van der Waals surface area contributed by atoms with Crippen molar-refractivity contribution in [1.29, 1.82) is 0 Å². The van der Waals surface area contributed by atoms with Crippen molar-refractivity contribution in [2.24, 2.45) is 0 Å². The molecule has 107 valence electrons. The molecule has 0 bridgehead atoms. The van der Waals surface area contributed by atoms with Gasteiger partial charge in [0.15, 0.2) is 6.20 Å². The van der Waals surface area contributed by atoms with Crippen molar-refractivity contribution in [2.45, 2.75) is 0 Å². The molecule has 0 aliphatic rings. The van der Waals surface area contributed by atoms with Crippen LogP contribution in [0.25, 0.3) is 33.0 Å². The molecule has 0 N–H and O–H groups in total. The summed E-state index contributed by atoms with van der Waals surface area (Å²) in [5.41, 5.74) is 3.60. The van der Waals surface area contributed by atoms with Gasteiger partial charge in [0.05, 0.1) is 11.0 Å². The molecule has 22 heavy (non-hydrogen) atoms. The van der Waals surface area contributed by atoms with Crippen molar-refractivity contribution in [3.05, 3.63) is 67.1 Å². The monoisotopic (exact) mass is 462 g/mol. The van der Waals surface area contributed by atoms with Gasteiger partial charge in [0.2, 0.25) is 0 Å². The molecule has 3 aromatic heterocycles. The fourth-order valence-electron chi connectivity index (χ4n) is 2.89. The molecule has 0 saturated carbocycles. The van der Waals surface area contributed by atoms with E-state index < -0.39 is 0 Å². The minimum Gasteiger partial charge on any atom is -0.293 e. The summed E-state index contributed by atoms with van der Waals surface area (Å²) >= 11 is 0. The molecule has 0 atom stereocenters. The molecular weight excluding hydrogens is 452 g/mol. The smallest absolute Gasteiger partial charge is 0.174 e. The van der Waals surface area contributed by atoms with Gasteiger partial charge in [-0.05, 0) is 6.07 Å². The molecule has 0 amide bonds. The normalized spacial score (nSPS) is 11.3. The predicted molar refractivity (Wildman–Crippen MR) is 78.8 cm³/mol. The van der Waals surface area contributed by atoms with Gasteiger partial charge in [0.25, 0.3) is 0 Å². The van der Waals surface area contributed by atoms with Crippen LogP contribution in [0.4, 0.5) is 0 Å². The molecule has 0 unspecified atom stereocenters. The van der Waals surface area contributed by atoms with Crippen LogP contribution in [0.5, 0.6) is 0 Å². The van der Waals surface area contributed by atoms with Gasteiger partial charge in [-0.3, -0.25) is 9.97 Å². The molecular formula is C17H9IrN4-. The van der Waals surface area contributed by atoms with Crippen molar-refractivity contribution >= 4 is 33.0 Å². The van der Waals surface area contributed by atoms with Gasteiger partial charge in [0.1, 0.15) is 5.65 Å². The third-order valence-electron chi connectivity index (χ3n) is 3.76. The first-order valence-corrected chi connectivity index (χ1v) is 6.71. The number of hydrogen-bond donors (Lipinski definition) is 0. The molecule has 0 saturated heterocycles. The number of fused-ring (bicyclic) bond motifs is 8. The average Bonchev–Trinajstić information content (AvgIpc) is 2.95. The number of aromatic nitrogens is 4. The van der Waals surface area contributed by atoms with Crippen LogP contribution in [0.3, 0.4) is 0 Å². The van der Waals surface area contributed by atoms with Crippen molar-refractivity contribution in [3.63, 3.8) is 0 Å². The van der Waals surface area contributed by atoms with Crippen LogP contribution >= 0.6 is 0 Å². The Morgan fingerprint density at radius 3 is 2.73 bits per heavy atom. The molecule has 5 aromatic rings. The van der Waals surface area contributed by atoms with Gasteiger partial charge in [-0.25, -0.2) is 4.52 Å². The van der Waals surface area contributed by atoms with Gasteiger partial charge in [-0.1, -0.05) is 23.6 Å². The Kier molecular flexibility index (Phi) is 2.92. The predicted octanol–water partition coefficient (Wildman–Crippen LogP) is 2.37. The number of nitrogens with zero attached hydrogens (tertiary/aromatic N) is 4. The zero-order valence-corrected chi connectivity index (χ0v) is 13.7. The van der Waals surface area contributed by atoms with Crippen molar-refractivity contribution < 1.29 is 24.6 Å². The second-order valence-electron chi connectivity index (χ2n) is 4.91. The summed E-state index contributed by atoms with van der Waals surface area (Å²) < 4.78 is 3.98. The number of hydrogen-bond acceptors (Lipinski definition) is 2. The van der Waals surface area contributed by atoms with Crippen LogP contribution in [-0.2, 0) is 20.1 Å². The van der Waals surface area contributed by atoms with Gasteiger partial charge in [-0.15, -0.1) is 5.39 Å². The summed E-state index contributed by atoms with van der Waals surface area (Å²) in [6.07, 6.45) is 6.68. The summed E-state index contributed by atoms with van der Waals surface area (Å²) in [5.74, 6) is 0. The van der Waals surface area contributed by atoms with E-state index in [0.717, 1.165) is 27.6 Å². The topological polar surface area (TPSA) is 34.3 Å². The Hall–Kier alpha value is -2.36. The molecule has 0 aliphatic carbocycles. The van der Waals surface area contributed by atoms with E-state index in [9.17, 15) is 0 Å². The van der Waals surface area contributed by atoms with E-state index in [1.54, 1.807) is 12.4 Å². The van der Waals surface area contributed by atoms with Crippen molar-refractivity contribution in [1.82, 2.24) is 14.5 Å². The summed E-state index contributed by atoms with van der Waals surface area (Å²) in [7, 11) is 0. The Morgan fingerprint density at radius 1 is 0.955 bits per heavy atom. The summed E-state index contributed by atoms with van der Waals surface area (Å²) in [6, 6.07) is 17.6. The van der Waals surface area contributed by atoms with Crippen LogP contribution in [0.1, 0.15) is 0 Å². The molecule has 0 aliphatic heterocycles. The largest absolute Gasteiger partial charge is 0.293 e. The maximum absolute atomic E-state index is 4.46. The van der Waals surface area contributed by atoms with Crippen LogP contribution < -0.4 is 4.52 Å². The van der Waals surface area contributed by atoms with Crippen molar-refractivity contribution in [2.75, 3.05) is 0 Å². The fourth-order valence-corrected chi connectivity index (χ4v) is 2.89. The maximum Gasteiger partial charge on any atom is 0.174 e. The Bertz CT molecular complexity index is 1150. The fraction of sp³-hybridized carbons (Fsp3) is 0. The SMILES string of the molecule is [Ir].[c-]1cccc2c3ccccc3n3c4nccnc4[c-][n+]3c12. The second kappa shape index (κ2) is 4.83. The van der Waals surface area contributed by atoms with E-state index in [1.165, 1.54) is 5.39 Å². The van der Waals surface area contributed by atoms with E-state index >= 15 is 0 Å². The first kappa shape index (κ1) is 13.3. The third kappa shape index (κ3) is 1.64. The standard InChI is InChI=1S/C17H9N4.Ir/c1-3-7-15-12(5-1)13-6-2-4-8-16(13)21-17-14(11-20(15)21)18-9-10-19-17;/h1-6,8-10H;/q-1;. The molecule has 1 radical (unpaired) electrons. The molecule has 3 heterocycles. The zero-order valence-electron chi connectivity index (χ0n) is 11.3. The average molecular weight is 462 g/mol. The van der Waals surface area contributed by atoms with Gasteiger partial charge in [0, 0.05) is 38.0 Å². The minimum absolute atomic E-state index is 0. The van der Waals surface area contributed by atoms with Crippen LogP contribution in [-0.4, -0.2) is 14.5 Å². The molecule has 4 nitrogen and oxygen atoms in total. The van der Waals surface area contributed by atoms with Crippen LogP contribution in [0, 0.1) is 12.3 Å². The van der Waals surface area contributed by atoms with Gasteiger partial charge in [-0.2, -0.15) is 28.8 Å². The van der Waals surface area contributed by atoms with Crippen LogP contribution in [0.15, 0.2) is 54.9 Å². The van der Waals surface area contributed by atoms with E-state index in [4.69, 9.17) is 0 Å². The van der Waals surface area contributed by atoms with Gasteiger partial charge >= 0.3 is 0 Å². The Balaban J connectivity index is 0.00000125. The first-order valence-electron chi connectivity index (χ1n) is 6.71. The number of rotatable bonds is 0. The maximum atomic E-state index is 4.46. The number of para-hydroxylation sites is 2. The number of benzene rings is 2. The van der Waals surface area contributed by atoms with Gasteiger partial charge < -0.3 is 0 Å². The Labute approximate surface area is 139 Å². The molecule has 2 aromatic carbocycles. The summed E-state index contributed by atoms with van der Waals surface area (Å²) in [6.45, 7) is 0. The minimum atomic E-state index is 0. The van der Waals surface area contributed by atoms with Crippen LogP contribution in [0.2, 0.25) is 0 Å². The molecule has 0 fully saturated rings. The van der Waals surface area contributed by atoms with E-state index in [-0.39, 0.29) is 20.1 Å². The van der Waals surface area contributed by atoms with Crippen molar-refractivity contribution in [3.8, 4) is 0 Å². The van der Waals surface area contributed by atoms with E-state index in [1.807, 2.05) is 33.3 Å². The summed E-state index contributed by atoms with van der Waals surface area (Å²) in [4.78, 5) is 8.82. The third-order valence-corrected chi connectivity index (χ3v) is 3.76. The zero-order chi connectivity index (χ0) is 13.8. The molecule has 5 heteroatoms. The Morgan fingerprint density at radius 2 is 1.77 bits per heavy atom.